The van der Waals surface area contributed by atoms with Gasteiger partial charge >= 0.3 is 12.3 Å². The second kappa shape index (κ2) is 12.9. The third kappa shape index (κ3) is 7.45. The lowest BCUT2D eigenvalue weighted by Gasteiger charge is -2.24. The number of cyclic esters (lactones) is 1. The fourth-order valence-electron chi connectivity index (χ4n) is 4.83. The van der Waals surface area contributed by atoms with Crippen molar-refractivity contribution in [3.8, 4) is 5.75 Å². The fourth-order valence-corrected chi connectivity index (χ4v) is 4.83. The van der Waals surface area contributed by atoms with Crippen molar-refractivity contribution in [3.05, 3.63) is 95.1 Å². The number of halogens is 3. The van der Waals surface area contributed by atoms with Gasteiger partial charge in [-0.15, -0.1) is 0 Å². The number of alkyl halides is 3. The molecule has 0 bridgehead atoms. The lowest BCUT2D eigenvalue weighted by atomic mass is 9.94. The Morgan fingerprint density at radius 3 is 2.34 bits per heavy atom. The third-order valence-corrected chi connectivity index (χ3v) is 7.02. The molecule has 0 radical (unpaired) electrons. The molecular formula is C31H31F3N2O5. The highest BCUT2D eigenvalue weighted by Gasteiger charge is 2.40. The van der Waals surface area contributed by atoms with Gasteiger partial charge in [0.05, 0.1) is 30.8 Å². The van der Waals surface area contributed by atoms with Crippen molar-refractivity contribution in [1.82, 2.24) is 4.90 Å². The maximum atomic E-state index is 13.5. The minimum Gasteiger partial charge on any atom is -0.495 e. The van der Waals surface area contributed by atoms with Crippen molar-refractivity contribution >= 4 is 23.6 Å². The van der Waals surface area contributed by atoms with Gasteiger partial charge in [-0.2, -0.15) is 13.2 Å². The lowest BCUT2D eigenvalue weighted by molar-refractivity contribution is -0.137. The average Bonchev–Trinajstić information content (AvgIpc) is 3.31. The van der Waals surface area contributed by atoms with E-state index in [0.29, 0.717) is 36.3 Å². The molecule has 2 atom stereocenters. The van der Waals surface area contributed by atoms with Gasteiger partial charge in [0, 0.05) is 5.92 Å². The Labute approximate surface area is 236 Å². The molecule has 1 aliphatic heterocycles. The highest BCUT2D eigenvalue weighted by atomic mass is 19.4. The lowest BCUT2D eigenvalue weighted by Crippen LogP contribution is -2.44. The number of nitrogens with one attached hydrogen (secondary N) is 1. The standard InChI is InChI=1S/C31H31F3N2O5/c1-3-23(29(38)36-25(19-41-30(36)39)16-20-7-5-4-6-8-20)15-22-11-14-27(40-2)26(17-22)35-28(37)18-21-9-12-24(13-10-21)31(32,33)34/h4-14,17,23,25H,3,15-16,18-19H2,1-2H3,(H,35,37). The maximum Gasteiger partial charge on any atom is 0.416 e. The van der Waals surface area contributed by atoms with Crippen LogP contribution in [0.3, 0.4) is 0 Å². The maximum absolute atomic E-state index is 13.5. The summed E-state index contributed by atoms with van der Waals surface area (Å²) in [6.07, 6.45) is -3.97. The fraction of sp³-hybridized carbons (Fsp3) is 0.323. The summed E-state index contributed by atoms with van der Waals surface area (Å²) in [6, 6.07) is 18.7. The molecule has 0 spiro atoms. The molecule has 4 rings (SSSR count). The van der Waals surface area contributed by atoms with E-state index < -0.39 is 35.7 Å². The quantitative estimate of drug-likeness (QED) is 0.322. The van der Waals surface area contributed by atoms with Gasteiger partial charge in [0.2, 0.25) is 11.8 Å². The first kappa shape index (κ1) is 29.6. The average molecular weight is 569 g/mol. The first-order chi connectivity index (χ1) is 19.6. The second-order valence-electron chi connectivity index (χ2n) is 9.89. The zero-order valence-electron chi connectivity index (χ0n) is 22.7. The van der Waals surface area contributed by atoms with Crippen LogP contribution in [0.1, 0.15) is 35.6 Å². The summed E-state index contributed by atoms with van der Waals surface area (Å²) in [7, 11) is 1.45. The van der Waals surface area contributed by atoms with Crippen LogP contribution < -0.4 is 10.1 Å². The van der Waals surface area contributed by atoms with Gasteiger partial charge in [-0.1, -0.05) is 55.5 Å². The number of benzene rings is 3. The number of imide groups is 1. The van der Waals surface area contributed by atoms with E-state index in [1.165, 1.54) is 24.1 Å². The SMILES string of the molecule is CCC(Cc1ccc(OC)c(NC(=O)Cc2ccc(C(F)(F)F)cc2)c1)C(=O)N1C(=O)OCC1Cc1ccccc1. The van der Waals surface area contributed by atoms with Gasteiger partial charge < -0.3 is 14.8 Å². The molecule has 3 aromatic rings. The molecule has 1 N–H and O–H groups in total. The number of anilines is 1. The molecule has 1 heterocycles. The minimum atomic E-state index is -4.45. The molecule has 3 amide bonds. The number of hydrogen-bond donors (Lipinski definition) is 1. The molecular weight excluding hydrogens is 537 g/mol. The molecule has 0 aliphatic carbocycles. The Bertz CT molecular complexity index is 1380. The Hall–Kier alpha value is -4.34. The van der Waals surface area contributed by atoms with Crippen LogP contribution in [0.2, 0.25) is 0 Å². The van der Waals surface area contributed by atoms with Crippen LogP contribution in [-0.4, -0.2) is 42.6 Å². The van der Waals surface area contributed by atoms with Gasteiger partial charge in [-0.05, 0) is 60.2 Å². The van der Waals surface area contributed by atoms with E-state index in [1.54, 1.807) is 18.2 Å². The van der Waals surface area contributed by atoms with Crippen molar-refractivity contribution in [2.45, 2.75) is 44.8 Å². The van der Waals surface area contributed by atoms with Crippen LogP contribution in [0.4, 0.5) is 23.7 Å². The van der Waals surface area contributed by atoms with E-state index >= 15 is 0 Å². The predicted octanol–water partition coefficient (Wildman–Crippen LogP) is 6.05. The van der Waals surface area contributed by atoms with Crippen LogP contribution in [0.15, 0.2) is 72.8 Å². The number of methoxy groups -OCH3 is 1. The highest BCUT2D eigenvalue weighted by Crippen LogP contribution is 2.31. The van der Waals surface area contributed by atoms with E-state index in [-0.39, 0.29) is 18.9 Å². The predicted molar refractivity (Wildman–Crippen MR) is 146 cm³/mol. The van der Waals surface area contributed by atoms with Gasteiger partial charge in [0.25, 0.3) is 0 Å². The number of carbonyl (C=O) groups is 3. The summed E-state index contributed by atoms with van der Waals surface area (Å²) in [5.74, 6) is -0.880. The molecule has 10 heteroatoms. The van der Waals surface area contributed by atoms with Gasteiger partial charge in [0.15, 0.2) is 0 Å². The number of nitrogens with zero attached hydrogens (tertiary/aromatic N) is 1. The Kier molecular flexibility index (Phi) is 9.31. The summed E-state index contributed by atoms with van der Waals surface area (Å²) in [6.45, 7) is 2.00. The molecule has 1 fully saturated rings. The number of ether oxygens (including phenoxy) is 2. The summed E-state index contributed by atoms with van der Waals surface area (Å²) >= 11 is 0. The minimum absolute atomic E-state index is 0.132. The number of hydrogen-bond acceptors (Lipinski definition) is 5. The summed E-state index contributed by atoms with van der Waals surface area (Å²) in [5.41, 5.74) is 1.73. The molecule has 41 heavy (non-hydrogen) atoms. The van der Waals surface area contributed by atoms with Crippen LogP contribution in [0, 0.1) is 5.92 Å². The van der Waals surface area contributed by atoms with Gasteiger partial charge in [-0.25, -0.2) is 9.69 Å². The molecule has 0 aromatic heterocycles. The normalized spacial score (nSPS) is 15.8. The zero-order valence-corrected chi connectivity index (χ0v) is 22.7. The van der Waals surface area contributed by atoms with Crippen LogP contribution in [0.25, 0.3) is 0 Å². The Balaban J connectivity index is 1.45. The molecule has 2 unspecified atom stereocenters. The number of carbonyl (C=O) groups excluding carboxylic acids is 3. The number of amides is 3. The van der Waals surface area contributed by atoms with E-state index in [4.69, 9.17) is 9.47 Å². The highest BCUT2D eigenvalue weighted by molar-refractivity contribution is 5.95. The smallest absolute Gasteiger partial charge is 0.416 e. The molecule has 1 aliphatic rings. The van der Waals surface area contributed by atoms with E-state index in [2.05, 4.69) is 5.32 Å². The van der Waals surface area contributed by atoms with E-state index in [0.717, 1.165) is 23.3 Å². The van der Waals surface area contributed by atoms with Crippen LogP contribution in [0.5, 0.6) is 5.75 Å². The zero-order chi connectivity index (χ0) is 29.6. The number of rotatable bonds is 10. The molecule has 3 aromatic carbocycles. The van der Waals surface area contributed by atoms with Crippen LogP contribution >= 0.6 is 0 Å². The van der Waals surface area contributed by atoms with Crippen molar-refractivity contribution < 1.29 is 37.0 Å². The molecule has 0 saturated carbocycles. The molecule has 1 saturated heterocycles. The summed E-state index contributed by atoms with van der Waals surface area (Å²) in [4.78, 5) is 40.0. The van der Waals surface area contributed by atoms with Crippen molar-refractivity contribution in [2.24, 2.45) is 5.92 Å². The van der Waals surface area contributed by atoms with Gasteiger partial charge in [-0.3, -0.25) is 9.59 Å². The topological polar surface area (TPSA) is 84.9 Å². The summed E-state index contributed by atoms with van der Waals surface area (Å²) in [5, 5.41) is 2.76. The first-order valence-corrected chi connectivity index (χ1v) is 13.3. The first-order valence-electron chi connectivity index (χ1n) is 13.3. The summed E-state index contributed by atoms with van der Waals surface area (Å²) < 4.78 is 49.1. The van der Waals surface area contributed by atoms with Crippen molar-refractivity contribution in [3.63, 3.8) is 0 Å². The molecule has 7 nitrogen and oxygen atoms in total. The molecule has 216 valence electrons. The van der Waals surface area contributed by atoms with Crippen molar-refractivity contribution in [1.29, 1.82) is 0 Å². The largest absolute Gasteiger partial charge is 0.495 e. The Morgan fingerprint density at radius 2 is 1.71 bits per heavy atom. The van der Waals surface area contributed by atoms with Gasteiger partial charge in [0.1, 0.15) is 12.4 Å². The monoisotopic (exact) mass is 568 g/mol. The van der Waals surface area contributed by atoms with E-state index in [1.807, 2.05) is 37.3 Å². The van der Waals surface area contributed by atoms with E-state index in [9.17, 15) is 27.6 Å². The van der Waals surface area contributed by atoms with Crippen LogP contribution in [-0.2, 0) is 39.8 Å². The second-order valence-corrected chi connectivity index (χ2v) is 9.89. The Morgan fingerprint density at radius 1 is 1.02 bits per heavy atom. The third-order valence-electron chi connectivity index (χ3n) is 7.02. The van der Waals surface area contributed by atoms with Crippen molar-refractivity contribution in [2.75, 3.05) is 19.0 Å².